The first-order chi connectivity index (χ1) is 13.3. The second-order valence-electron chi connectivity index (χ2n) is 8.61. The van der Waals surface area contributed by atoms with Gasteiger partial charge in [-0.15, -0.1) is 0 Å². The molecule has 160 valence electrons. The highest BCUT2D eigenvalue weighted by atomic mass is 19.4. The van der Waals surface area contributed by atoms with Crippen molar-refractivity contribution in [2.75, 3.05) is 18.0 Å². The van der Waals surface area contributed by atoms with Gasteiger partial charge in [-0.2, -0.15) is 13.2 Å². The zero-order valence-corrected chi connectivity index (χ0v) is 16.9. The molecule has 0 radical (unpaired) electrons. The molecule has 2 aliphatic heterocycles. The second kappa shape index (κ2) is 7.42. The fraction of sp³-hybridized carbons (Fsp3) is 0.600. The number of carbonyl (C=O) groups excluding carboxylic acids is 2. The molecule has 9 heteroatoms. The molecule has 2 bridgehead atoms. The number of hydrogen-bond donors (Lipinski definition) is 1. The van der Waals surface area contributed by atoms with Gasteiger partial charge in [0.05, 0.1) is 12.1 Å². The van der Waals surface area contributed by atoms with E-state index < -0.39 is 29.8 Å². The quantitative estimate of drug-likeness (QED) is 0.822. The van der Waals surface area contributed by atoms with Gasteiger partial charge < -0.3 is 19.9 Å². The first kappa shape index (κ1) is 21.3. The number of carbonyl (C=O) groups is 2. The van der Waals surface area contributed by atoms with Gasteiger partial charge in [0.1, 0.15) is 5.60 Å². The molecule has 1 aromatic carbocycles. The SMILES string of the molecule is C[C@H](NC(=O)OC(C)(C)C)c1ccc(N2C[C@@H]3C[C@H]2CN3C(=O)C(F)(F)F)cc1. The minimum atomic E-state index is -4.83. The average molecular weight is 413 g/mol. The van der Waals surface area contributed by atoms with E-state index in [2.05, 4.69) is 5.32 Å². The van der Waals surface area contributed by atoms with Crippen molar-refractivity contribution in [3.63, 3.8) is 0 Å². The van der Waals surface area contributed by atoms with Crippen LogP contribution in [0.4, 0.5) is 23.7 Å². The molecule has 29 heavy (non-hydrogen) atoms. The number of anilines is 1. The molecule has 0 saturated carbocycles. The summed E-state index contributed by atoms with van der Waals surface area (Å²) in [4.78, 5) is 26.4. The molecule has 2 saturated heterocycles. The van der Waals surface area contributed by atoms with Crippen molar-refractivity contribution in [2.24, 2.45) is 0 Å². The minimum Gasteiger partial charge on any atom is -0.444 e. The standard InChI is InChI=1S/C20H26F3N3O3/c1-12(24-18(28)29-19(2,3)4)13-5-7-14(8-6-13)25-10-16-9-15(25)11-26(16)17(27)20(21,22)23/h5-8,12,15-16H,9-11H2,1-4H3,(H,24,28)/t12-,15-,16-/m0/s1. The van der Waals surface area contributed by atoms with Crippen LogP contribution in [0.5, 0.6) is 0 Å². The lowest BCUT2D eigenvalue weighted by molar-refractivity contribution is -0.186. The monoisotopic (exact) mass is 413 g/mol. The van der Waals surface area contributed by atoms with Crippen molar-refractivity contribution >= 4 is 17.7 Å². The number of alkyl carbamates (subject to hydrolysis) is 1. The molecule has 1 aromatic rings. The van der Waals surface area contributed by atoms with Gasteiger partial charge >= 0.3 is 18.2 Å². The van der Waals surface area contributed by atoms with Crippen molar-refractivity contribution in [3.05, 3.63) is 29.8 Å². The van der Waals surface area contributed by atoms with Crippen LogP contribution in [-0.4, -0.2) is 53.9 Å². The van der Waals surface area contributed by atoms with E-state index in [1.165, 1.54) is 0 Å². The van der Waals surface area contributed by atoms with Gasteiger partial charge in [0, 0.05) is 24.8 Å². The summed E-state index contributed by atoms with van der Waals surface area (Å²) in [5.74, 6) is -1.75. The van der Waals surface area contributed by atoms with E-state index in [1.807, 2.05) is 36.1 Å². The largest absolute Gasteiger partial charge is 0.471 e. The number of fused-ring (bicyclic) bond motifs is 2. The summed E-state index contributed by atoms with van der Waals surface area (Å²) < 4.78 is 43.4. The topological polar surface area (TPSA) is 61.9 Å². The molecule has 2 amide bonds. The van der Waals surface area contributed by atoms with Crippen LogP contribution in [0.3, 0.4) is 0 Å². The lowest BCUT2D eigenvalue weighted by Gasteiger charge is -2.36. The van der Waals surface area contributed by atoms with E-state index in [0.717, 1.165) is 16.2 Å². The number of ether oxygens (including phenoxy) is 1. The van der Waals surface area contributed by atoms with Crippen molar-refractivity contribution in [1.82, 2.24) is 10.2 Å². The average Bonchev–Trinajstić information content (AvgIpc) is 3.19. The molecule has 2 heterocycles. The molecule has 2 aliphatic rings. The molecule has 6 nitrogen and oxygen atoms in total. The maximum atomic E-state index is 12.7. The summed E-state index contributed by atoms with van der Waals surface area (Å²) in [5.41, 5.74) is 1.20. The second-order valence-corrected chi connectivity index (χ2v) is 8.61. The Hall–Kier alpha value is -2.45. The molecular formula is C20H26F3N3O3. The Labute approximate surface area is 168 Å². The van der Waals surface area contributed by atoms with Crippen LogP contribution in [0.1, 0.15) is 45.7 Å². The van der Waals surface area contributed by atoms with Crippen LogP contribution in [-0.2, 0) is 9.53 Å². The molecule has 0 spiro atoms. The molecule has 0 unspecified atom stereocenters. The number of alkyl halides is 3. The van der Waals surface area contributed by atoms with Crippen LogP contribution in [0.15, 0.2) is 24.3 Å². The van der Waals surface area contributed by atoms with Gasteiger partial charge in [0.15, 0.2) is 0 Å². The predicted molar refractivity (Wildman–Crippen MR) is 102 cm³/mol. The number of hydrogen-bond acceptors (Lipinski definition) is 4. The summed E-state index contributed by atoms with van der Waals surface area (Å²) in [6, 6.07) is 6.74. The Morgan fingerprint density at radius 1 is 1.10 bits per heavy atom. The third-order valence-electron chi connectivity index (χ3n) is 5.20. The molecule has 0 aliphatic carbocycles. The Bertz CT molecular complexity index is 774. The number of likely N-dealkylation sites (tertiary alicyclic amines) is 1. The number of piperazine rings is 1. The van der Waals surface area contributed by atoms with Gasteiger partial charge in [-0.05, 0) is 51.8 Å². The third-order valence-corrected chi connectivity index (χ3v) is 5.20. The van der Waals surface area contributed by atoms with Crippen molar-refractivity contribution in [2.45, 2.75) is 64.0 Å². The van der Waals surface area contributed by atoms with E-state index in [1.54, 1.807) is 20.8 Å². The van der Waals surface area contributed by atoms with Gasteiger partial charge in [0.25, 0.3) is 0 Å². The van der Waals surface area contributed by atoms with Gasteiger partial charge in [-0.1, -0.05) is 12.1 Å². The van der Waals surface area contributed by atoms with Gasteiger partial charge in [-0.3, -0.25) is 4.79 Å². The lowest BCUT2D eigenvalue weighted by atomic mass is 10.1. The summed E-state index contributed by atoms with van der Waals surface area (Å²) >= 11 is 0. The number of rotatable bonds is 3. The summed E-state index contributed by atoms with van der Waals surface area (Å²) in [6.45, 7) is 7.69. The smallest absolute Gasteiger partial charge is 0.444 e. The lowest BCUT2D eigenvalue weighted by Crippen LogP contribution is -2.52. The number of amides is 2. The zero-order valence-electron chi connectivity index (χ0n) is 16.9. The summed E-state index contributed by atoms with van der Waals surface area (Å²) in [5, 5.41) is 2.78. The number of benzene rings is 1. The first-order valence-electron chi connectivity index (χ1n) is 9.59. The van der Waals surface area contributed by atoms with E-state index in [9.17, 15) is 22.8 Å². The molecule has 1 N–H and O–H groups in total. The van der Waals surface area contributed by atoms with E-state index >= 15 is 0 Å². The van der Waals surface area contributed by atoms with Crippen LogP contribution in [0.25, 0.3) is 0 Å². The molecule has 2 fully saturated rings. The normalized spacial score (nSPS) is 22.6. The molecule has 3 atom stereocenters. The summed E-state index contributed by atoms with van der Waals surface area (Å²) in [7, 11) is 0. The van der Waals surface area contributed by atoms with Crippen molar-refractivity contribution in [1.29, 1.82) is 0 Å². The molecule has 0 aromatic heterocycles. The third kappa shape index (κ3) is 4.76. The fourth-order valence-corrected chi connectivity index (χ4v) is 3.92. The van der Waals surface area contributed by atoms with E-state index in [4.69, 9.17) is 4.74 Å². The van der Waals surface area contributed by atoms with Gasteiger partial charge in [0.2, 0.25) is 0 Å². The highest BCUT2D eigenvalue weighted by Gasteiger charge is 2.52. The Balaban J connectivity index is 1.60. The number of nitrogens with zero attached hydrogens (tertiary/aromatic N) is 2. The Morgan fingerprint density at radius 3 is 2.21 bits per heavy atom. The number of halogens is 3. The predicted octanol–water partition coefficient (Wildman–Crippen LogP) is 3.62. The highest BCUT2D eigenvalue weighted by molar-refractivity contribution is 5.83. The molecular weight excluding hydrogens is 387 g/mol. The number of nitrogens with one attached hydrogen (secondary N) is 1. The fourth-order valence-electron chi connectivity index (χ4n) is 3.92. The van der Waals surface area contributed by atoms with Crippen molar-refractivity contribution < 1.29 is 27.5 Å². The first-order valence-corrected chi connectivity index (χ1v) is 9.59. The minimum absolute atomic E-state index is 0.0847. The summed E-state index contributed by atoms with van der Waals surface area (Å²) in [6.07, 6.45) is -4.78. The van der Waals surface area contributed by atoms with Crippen LogP contribution < -0.4 is 10.2 Å². The Morgan fingerprint density at radius 2 is 1.72 bits per heavy atom. The maximum absolute atomic E-state index is 12.7. The van der Waals surface area contributed by atoms with E-state index in [0.29, 0.717) is 13.0 Å². The maximum Gasteiger partial charge on any atom is 0.471 e. The van der Waals surface area contributed by atoms with Gasteiger partial charge in [-0.25, -0.2) is 4.79 Å². The van der Waals surface area contributed by atoms with Crippen molar-refractivity contribution in [3.8, 4) is 0 Å². The van der Waals surface area contributed by atoms with E-state index in [-0.39, 0.29) is 18.6 Å². The van der Waals surface area contributed by atoms with Crippen LogP contribution in [0.2, 0.25) is 0 Å². The Kier molecular flexibility index (Phi) is 5.44. The zero-order chi connectivity index (χ0) is 21.6. The highest BCUT2D eigenvalue weighted by Crippen LogP contribution is 2.37. The van der Waals surface area contributed by atoms with Crippen LogP contribution >= 0.6 is 0 Å². The van der Waals surface area contributed by atoms with Crippen LogP contribution in [0, 0.1) is 0 Å². The molecule has 3 rings (SSSR count).